The standard InChI is InChI=1S/C12H13Br2N3S/c1-2-5-15-7-11-16-17-12(18-11)9-6-8(13)3-4-10(9)14/h3-4,6,15H,2,5,7H2,1H3. The Morgan fingerprint density at radius 3 is 2.89 bits per heavy atom. The monoisotopic (exact) mass is 389 g/mol. The van der Waals surface area contributed by atoms with E-state index in [4.69, 9.17) is 0 Å². The third kappa shape index (κ3) is 3.60. The van der Waals surface area contributed by atoms with Crippen LogP contribution in [-0.4, -0.2) is 16.7 Å². The Morgan fingerprint density at radius 2 is 2.11 bits per heavy atom. The van der Waals surface area contributed by atoms with Gasteiger partial charge in [-0.1, -0.05) is 50.1 Å². The molecule has 0 bridgehead atoms. The van der Waals surface area contributed by atoms with E-state index in [2.05, 4.69) is 54.3 Å². The van der Waals surface area contributed by atoms with E-state index in [0.717, 1.165) is 44.0 Å². The van der Waals surface area contributed by atoms with Crippen LogP contribution in [0.2, 0.25) is 0 Å². The molecular formula is C12H13Br2N3S. The lowest BCUT2D eigenvalue weighted by Crippen LogP contribution is -2.13. The fourth-order valence-corrected chi connectivity index (χ4v) is 3.23. The Balaban J connectivity index is 2.16. The number of nitrogens with one attached hydrogen (secondary N) is 1. The molecule has 0 saturated carbocycles. The van der Waals surface area contributed by atoms with Gasteiger partial charge < -0.3 is 5.32 Å². The minimum absolute atomic E-state index is 0.789. The molecule has 1 aromatic heterocycles. The molecule has 0 saturated heterocycles. The van der Waals surface area contributed by atoms with Gasteiger partial charge in [-0.15, -0.1) is 10.2 Å². The van der Waals surface area contributed by atoms with Crippen LogP contribution in [0.5, 0.6) is 0 Å². The number of hydrogen-bond donors (Lipinski definition) is 1. The molecule has 0 aliphatic carbocycles. The minimum Gasteiger partial charge on any atom is -0.310 e. The van der Waals surface area contributed by atoms with Crippen LogP contribution in [0.25, 0.3) is 10.6 Å². The summed E-state index contributed by atoms with van der Waals surface area (Å²) in [4.78, 5) is 0. The second kappa shape index (κ2) is 6.75. The highest BCUT2D eigenvalue weighted by Gasteiger charge is 2.10. The lowest BCUT2D eigenvalue weighted by Gasteiger charge is -2.00. The van der Waals surface area contributed by atoms with Crippen molar-refractivity contribution in [2.75, 3.05) is 6.54 Å². The maximum atomic E-state index is 4.24. The van der Waals surface area contributed by atoms with Crippen LogP contribution < -0.4 is 5.32 Å². The van der Waals surface area contributed by atoms with E-state index < -0.39 is 0 Å². The molecule has 1 aromatic carbocycles. The van der Waals surface area contributed by atoms with Gasteiger partial charge in [-0.2, -0.15) is 0 Å². The van der Waals surface area contributed by atoms with Gasteiger partial charge in [0.25, 0.3) is 0 Å². The van der Waals surface area contributed by atoms with E-state index in [9.17, 15) is 0 Å². The van der Waals surface area contributed by atoms with Gasteiger partial charge in [0.05, 0.1) is 0 Å². The van der Waals surface area contributed by atoms with Crippen LogP contribution in [-0.2, 0) is 6.54 Å². The van der Waals surface area contributed by atoms with Gasteiger partial charge in [0, 0.05) is 21.1 Å². The number of hydrogen-bond acceptors (Lipinski definition) is 4. The van der Waals surface area contributed by atoms with Crippen LogP contribution in [0.4, 0.5) is 0 Å². The van der Waals surface area contributed by atoms with Crippen molar-refractivity contribution in [1.82, 2.24) is 15.5 Å². The third-order valence-corrected chi connectivity index (χ3v) is 4.47. The summed E-state index contributed by atoms with van der Waals surface area (Å²) < 4.78 is 2.08. The Bertz CT molecular complexity index is 528. The Labute approximate surface area is 127 Å². The van der Waals surface area contributed by atoms with Crippen molar-refractivity contribution >= 4 is 43.2 Å². The smallest absolute Gasteiger partial charge is 0.149 e. The van der Waals surface area contributed by atoms with Gasteiger partial charge >= 0.3 is 0 Å². The summed E-state index contributed by atoms with van der Waals surface area (Å²) in [7, 11) is 0. The van der Waals surface area contributed by atoms with Crippen LogP contribution >= 0.6 is 43.2 Å². The maximum Gasteiger partial charge on any atom is 0.149 e. The predicted octanol–water partition coefficient (Wildman–Crippen LogP) is 4.23. The van der Waals surface area contributed by atoms with E-state index in [1.807, 2.05) is 18.2 Å². The second-order valence-electron chi connectivity index (χ2n) is 3.80. The first kappa shape index (κ1) is 14.1. The lowest BCUT2D eigenvalue weighted by molar-refractivity contribution is 0.668. The summed E-state index contributed by atoms with van der Waals surface area (Å²) >= 11 is 8.64. The highest BCUT2D eigenvalue weighted by Crippen LogP contribution is 2.32. The molecule has 0 amide bonds. The maximum absolute atomic E-state index is 4.24. The van der Waals surface area contributed by atoms with Crippen molar-refractivity contribution < 1.29 is 0 Å². The predicted molar refractivity (Wildman–Crippen MR) is 82.7 cm³/mol. The summed E-state index contributed by atoms with van der Waals surface area (Å²) in [6.45, 7) is 3.95. The van der Waals surface area contributed by atoms with Crippen molar-refractivity contribution in [3.05, 3.63) is 32.2 Å². The van der Waals surface area contributed by atoms with Crippen LogP contribution in [0.15, 0.2) is 27.1 Å². The van der Waals surface area contributed by atoms with Gasteiger partial charge in [0.2, 0.25) is 0 Å². The van der Waals surface area contributed by atoms with E-state index >= 15 is 0 Å². The minimum atomic E-state index is 0.789. The highest BCUT2D eigenvalue weighted by atomic mass is 79.9. The highest BCUT2D eigenvalue weighted by molar-refractivity contribution is 9.11. The largest absolute Gasteiger partial charge is 0.310 e. The van der Waals surface area contributed by atoms with Crippen LogP contribution in [0, 0.1) is 0 Å². The normalized spacial score (nSPS) is 10.8. The number of benzene rings is 1. The van der Waals surface area contributed by atoms with E-state index in [0.29, 0.717) is 0 Å². The lowest BCUT2D eigenvalue weighted by atomic mass is 10.2. The molecule has 2 aromatic rings. The molecule has 0 spiro atoms. The van der Waals surface area contributed by atoms with Crippen molar-refractivity contribution in [1.29, 1.82) is 0 Å². The molecule has 2 rings (SSSR count). The first-order valence-corrected chi connectivity index (χ1v) is 8.09. The van der Waals surface area contributed by atoms with Crippen molar-refractivity contribution in [2.45, 2.75) is 19.9 Å². The molecule has 18 heavy (non-hydrogen) atoms. The molecule has 0 aliphatic heterocycles. The van der Waals surface area contributed by atoms with Gasteiger partial charge in [-0.3, -0.25) is 0 Å². The zero-order valence-electron chi connectivity index (χ0n) is 9.91. The topological polar surface area (TPSA) is 37.8 Å². The summed E-state index contributed by atoms with van der Waals surface area (Å²) in [5.74, 6) is 0. The molecule has 0 radical (unpaired) electrons. The summed E-state index contributed by atoms with van der Waals surface area (Å²) in [5.41, 5.74) is 1.07. The number of aromatic nitrogens is 2. The average Bonchev–Trinajstić information content (AvgIpc) is 2.81. The molecule has 0 aliphatic rings. The molecular weight excluding hydrogens is 378 g/mol. The molecule has 0 unspecified atom stereocenters. The molecule has 0 fully saturated rings. The molecule has 3 nitrogen and oxygen atoms in total. The van der Waals surface area contributed by atoms with Crippen LogP contribution in [0.1, 0.15) is 18.4 Å². The SMILES string of the molecule is CCCNCc1nnc(-c2cc(Br)ccc2Br)s1. The van der Waals surface area contributed by atoms with E-state index in [-0.39, 0.29) is 0 Å². The first-order chi connectivity index (χ1) is 8.70. The van der Waals surface area contributed by atoms with Gasteiger partial charge in [0.15, 0.2) is 0 Å². The summed E-state index contributed by atoms with van der Waals surface area (Å²) in [6, 6.07) is 6.06. The van der Waals surface area contributed by atoms with E-state index in [1.54, 1.807) is 11.3 Å². The summed E-state index contributed by atoms with van der Waals surface area (Å²) in [6.07, 6.45) is 1.13. The molecule has 1 N–H and O–H groups in total. The van der Waals surface area contributed by atoms with Gasteiger partial charge in [-0.05, 0) is 31.2 Å². The average molecular weight is 391 g/mol. The third-order valence-electron chi connectivity index (χ3n) is 2.33. The quantitative estimate of drug-likeness (QED) is 0.776. The van der Waals surface area contributed by atoms with Crippen molar-refractivity contribution in [2.24, 2.45) is 0 Å². The zero-order chi connectivity index (χ0) is 13.0. The number of rotatable bonds is 5. The second-order valence-corrected chi connectivity index (χ2v) is 6.63. The van der Waals surface area contributed by atoms with Crippen molar-refractivity contribution in [3.8, 4) is 10.6 Å². The molecule has 1 heterocycles. The number of nitrogens with zero attached hydrogens (tertiary/aromatic N) is 2. The molecule has 0 atom stereocenters. The van der Waals surface area contributed by atoms with Crippen LogP contribution in [0.3, 0.4) is 0 Å². The Kier molecular flexibility index (Phi) is 5.29. The Morgan fingerprint density at radius 1 is 1.28 bits per heavy atom. The fourth-order valence-electron chi connectivity index (χ4n) is 1.47. The molecule has 96 valence electrons. The van der Waals surface area contributed by atoms with Gasteiger partial charge in [-0.25, -0.2) is 0 Å². The van der Waals surface area contributed by atoms with Crippen molar-refractivity contribution in [3.63, 3.8) is 0 Å². The zero-order valence-corrected chi connectivity index (χ0v) is 13.9. The molecule has 6 heteroatoms. The fraction of sp³-hybridized carbons (Fsp3) is 0.333. The van der Waals surface area contributed by atoms with Gasteiger partial charge in [0.1, 0.15) is 10.0 Å². The first-order valence-electron chi connectivity index (χ1n) is 5.69. The summed E-state index contributed by atoms with van der Waals surface area (Å²) in [5, 5.41) is 13.7. The van der Waals surface area contributed by atoms with E-state index in [1.165, 1.54) is 0 Å². The number of halogens is 2. The Hall–Kier alpha value is -0.300.